The zero-order chi connectivity index (χ0) is 23.4. The van der Waals surface area contributed by atoms with E-state index in [1.54, 1.807) is 18.2 Å². The SMILES string of the molecule is Nc1ccc(Oc2cccc(C34CC5CC(CC(C5)C3)C4)c2Oc2ccc(N)cc2F)c(F)c1. The molecular formula is C28H28F2N2O2. The highest BCUT2D eigenvalue weighted by atomic mass is 19.1. The monoisotopic (exact) mass is 462 g/mol. The van der Waals surface area contributed by atoms with Gasteiger partial charge in [-0.05, 0) is 92.0 Å². The van der Waals surface area contributed by atoms with Crippen molar-refractivity contribution in [3.63, 3.8) is 0 Å². The lowest BCUT2D eigenvalue weighted by Crippen LogP contribution is -2.48. The average molecular weight is 463 g/mol. The normalized spacial score (nSPS) is 27.1. The largest absolute Gasteiger partial charge is 0.450 e. The van der Waals surface area contributed by atoms with Crippen LogP contribution in [0.25, 0.3) is 0 Å². The first-order chi connectivity index (χ1) is 16.4. The van der Waals surface area contributed by atoms with Crippen LogP contribution in [0.4, 0.5) is 20.2 Å². The summed E-state index contributed by atoms with van der Waals surface area (Å²) in [7, 11) is 0. The van der Waals surface area contributed by atoms with Gasteiger partial charge < -0.3 is 20.9 Å². The Kier molecular flexibility index (Phi) is 4.94. The summed E-state index contributed by atoms with van der Waals surface area (Å²) in [5, 5.41) is 0. The highest BCUT2D eigenvalue weighted by molar-refractivity contribution is 5.56. The smallest absolute Gasteiger partial charge is 0.173 e. The van der Waals surface area contributed by atoms with Crippen molar-refractivity contribution in [1.82, 2.24) is 0 Å². The van der Waals surface area contributed by atoms with Crippen molar-refractivity contribution in [2.75, 3.05) is 11.5 Å². The number of hydrogen-bond donors (Lipinski definition) is 2. The van der Waals surface area contributed by atoms with Crippen molar-refractivity contribution < 1.29 is 18.3 Å². The van der Waals surface area contributed by atoms with Gasteiger partial charge in [-0.1, -0.05) is 12.1 Å². The molecule has 0 amide bonds. The molecule has 0 aromatic heterocycles. The molecule has 4 bridgehead atoms. The zero-order valence-electron chi connectivity index (χ0n) is 18.9. The molecular weight excluding hydrogens is 434 g/mol. The zero-order valence-corrected chi connectivity index (χ0v) is 18.9. The van der Waals surface area contributed by atoms with E-state index >= 15 is 0 Å². The molecule has 4 aliphatic carbocycles. The topological polar surface area (TPSA) is 70.5 Å². The number of nitrogen functional groups attached to an aromatic ring is 2. The number of rotatable bonds is 5. The van der Waals surface area contributed by atoms with Gasteiger partial charge in [0.25, 0.3) is 0 Å². The summed E-state index contributed by atoms with van der Waals surface area (Å²) >= 11 is 0. The standard InChI is InChI=1S/C28H28F2N2O2/c29-22-11-19(31)4-6-24(22)33-26-3-1-2-21(27(26)34-25-7-5-20(32)12-23(25)30)28-13-16-8-17(14-28)10-18(9-16)15-28/h1-7,11-12,16-18H,8-10,13-15,31-32H2. The van der Waals surface area contributed by atoms with Gasteiger partial charge >= 0.3 is 0 Å². The Morgan fingerprint density at radius 1 is 0.676 bits per heavy atom. The van der Waals surface area contributed by atoms with Crippen molar-refractivity contribution in [1.29, 1.82) is 0 Å². The molecule has 4 saturated carbocycles. The van der Waals surface area contributed by atoms with E-state index in [4.69, 9.17) is 20.9 Å². The number of nitrogens with two attached hydrogens (primary N) is 2. The number of benzene rings is 3. The van der Waals surface area contributed by atoms with E-state index in [-0.39, 0.29) is 16.9 Å². The third kappa shape index (κ3) is 3.65. The molecule has 4 nitrogen and oxygen atoms in total. The van der Waals surface area contributed by atoms with Crippen molar-refractivity contribution in [3.8, 4) is 23.0 Å². The Hall–Kier alpha value is -3.28. The third-order valence-corrected chi connectivity index (χ3v) is 7.93. The van der Waals surface area contributed by atoms with Crippen LogP contribution >= 0.6 is 0 Å². The number of halogens is 2. The summed E-state index contributed by atoms with van der Waals surface area (Å²) in [6, 6.07) is 14.4. The first kappa shape index (κ1) is 21.3. The number of anilines is 2. The lowest BCUT2D eigenvalue weighted by molar-refractivity contribution is -0.00610. The van der Waals surface area contributed by atoms with E-state index in [1.807, 2.05) is 6.07 Å². The highest BCUT2D eigenvalue weighted by Crippen LogP contribution is 2.63. The number of para-hydroxylation sites is 1. The Balaban J connectivity index is 1.46. The van der Waals surface area contributed by atoms with Gasteiger partial charge in [-0.25, -0.2) is 8.78 Å². The molecule has 3 aromatic carbocycles. The van der Waals surface area contributed by atoms with Gasteiger partial charge in [-0.2, -0.15) is 0 Å². The van der Waals surface area contributed by atoms with Crippen molar-refractivity contribution in [3.05, 3.63) is 71.8 Å². The minimum absolute atomic E-state index is 0.0343. The first-order valence-electron chi connectivity index (χ1n) is 12.0. The molecule has 0 saturated heterocycles. The van der Waals surface area contributed by atoms with E-state index < -0.39 is 11.6 Å². The summed E-state index contributed by atoms with van der Waals surface area (Å²) in [6.45, 7) is 0. The first-order valence-corrected chi connectivity index (χ1v) is 12.0. The Bertz CT molecular complexity index is 1220. The van der Waals surface area contributed by atoms with Crippen molar-refractivity contribution in [2.45, 2.75) is 43.9 Å². The molecule has 6 heteroatoms. The minimum Gasteiger partial charge on any atom is -0.450 e. The fourth-order valence-electron chi connectivity index (χ4n) is 6.99. The fourth-order valence-corrected chi connectivity index (χ4v) is 6.99. The van der Waals surface area contributed by atoms with Crippen LogP contribution < -0.4 is 20.9 Å². The van der Waals surface area contributed by atoms with Gasteiger partial charge in [0.1, 0.15) is 0 Å². The van der Waals surface area contributed by atoms with Crippen LogP contribution in [-0.4, -0.2) is 0 Å². The van der Waals surface area contributed by atoms with Gasteiger partial charge in [-0.3, -0.25) is 0 Å². The van der Waals surface area contributed by atoms with Crippen molar-refractivity contribution in [2.24, 2.45) is 17.8 Å². The predicted octanol–water partition coefficient (Wildman–Crippen LogP) is 7.18. The molecule has 0 unspecified atom stereocenters. The fraction of sp³-hybridized carbons (Fsp3) is 0.357. The van der Waals surface area contributed by atoms with E-state index in [9.17, 15) is 8.78 Å². The molecule has 7 rings (SSSR count). The van der Waals surface area contributed by atoms with E-state index in [0.717, 1.165) is 24.8 Å². The second-order valence-corrected chi connectivity index (χ2v) is 10.4. The predicted molar refractivity (Wildman–Crippen MR) is 128 cm³/mol. The molecule has 34 heavy (non-hydrogen) atoms. The van der Waals surface area contributed by atoms with E-state index in [0.29, 0.717) is 40.6 Å². The molecule has 4 aliphatic rings. The average Bonchev–Trinajstić information content (AvgIpc) is 2.77. The van der Waals surface area contributed by atoms with Gasteiger partial charge in [-0.15, -0.1) is 0 Å². The van der Waals surface area contributed by atoms with Crippen molar-refractivity contribution >= 4 is 11.4 Å². The molecule has 0 radical (unpaired) electrons. The van der Waals surface area contributed by atoms with Crippen LogP contribution in [-0.2, 0) is 5.41 Å². The maximum Gasteiger partial charge on any atom is 0.173 e. The quantitative estimate of drug-likeness (QED) is 0.394. The third-order valence-electron chi connectivity index (χ3n) is 7.93. The summed E-state index contributed by atoms with van der Waals surface area (Å²) in [6.07, 6.45) is 7.19. The lowest BCUT2D eigenvalue weighted by Gasteiger charge is -2.57. The molecule has 0 spiro atoms. The van der Waals surface area contributed by atoms with Crippen LogP contribution in [0, 0.1) is 29.4 Å². The maximum absolute atomic E-state index is 14.8. The molecule has 4 fully saturated rings. The minimum atomic E-state index is -0.565. The highest BCUT2D eigenvalue weighted by Gasteiger charge is 2.52. The van der Waals surface area contributed by atoms with E-state index in [2.05, 4.69) is 6.07 Å². The molecule has 3 aromatic rings. The molecule has 0 aliphatic heterocycles. The van der Waals surface area contributed by atoms with E-state index in [1.165, 1.54) is 43.5 Å². The van der Waals surface area contributed by atoms with Gasteiger partial charge in [0.15, 0.2) is 34.6 Å². The molecule has 0 atom stereocenters. The molecule has 0 heterocycles. The summed E-state index contributed by atoms with van der Waals surface area (Å²) in [5.74, 6) is 1.94. The van der Waals surface area contributed by atoms with Crippen LogP contribution in [0.3, 0.4) is 0 Å². The van der Waals surface area contributed by atoms with Crippen LogP contribution in [0.15, 0.2) is 54.6 Å². The number of ether oxygens (including phenoxy) is 2. The Morgan fingerprint density at radius 3 is 1.74 bits per heavy atom. The van der Waals surface area contributed by atoms with Gasteiger partial charge in [0.05, 0.1) is 0 Å². The maximum atomic E-state index is 14.8. The molecule has 4 N–H and O–H groups in total. The second-order valence-electron chi connectivity index (χ2n) is 10.4. The summed E-state index contributed by atoms with van der Waals surface area (Å²) in [4.78, 5) is 0. The number of hydrogen-bond acceptors (Lipinski definition) is 4. The summed E-state index contributed by atoms with van der Waals surface area (Å²) in [5.41, 5.74) is 13.1. The van der Waals surface area contributed by atoms with Gasteiger partial charge in [0, 0.05) is 29.1 Å². The Morgan fingerprint density at radius 2 is 1.21 bits per heavy atom. The Labute approximate surface area is 197 Å². The van der Waals surface area contributed by atoms with Crippen LogP contribution in [0.2, 0.25) is 0 Å². The second kappa shape index (κ2) is 7.90. The summed E-state index contributed by atoms with van der Waals surface area (Å²) < 4.78 is 41.7. The van der Waals surface area contributed by atoms with Crippen LogP contribution in [0.1, 0.15) is 44.1 Å². The molecule has 176 valence electrons. The van der Waals surface area contributed by atoms with Gasteiger partial charge in [0.2, 0.25) is 0 Å². The lowest BCUT2D eigenvalue weighted by atomic mass is 9.48. The van der Waals surface area contributed by atoms with Crippen LogP contribution in [0.5, 0.6) is 23.0 Å².